The lowest BCUT2D eigenvalue weighted by atomic mass is 10.3. The van der Waals surface area contributed by atoms with Gasteiger partial charge in [0.2, 0.25) is 0 Å². The molecular weight excluding hydrogens is 258 g/mol. The minimum Gasteiger partial charge on any atom is -0.195 e. The summed E-state index contributed by atoms with van der Waals surface area (Å²) in [6.45, 7) is 0. The summed E-state index contributed by atoms with van der Waals surface area (Å²) in [5, 5.41) is 12.1. The third-order valence-electron chi connectivity index (χ3n) is 1.79. The van der Waals surface area contributed by atoms with Gasteiger partial charge in [0.25, 0.3) is 0 Å². The Morgan fingerprint density at radius 2 is 2.07 bits per heavy atom. The van der Waals surface area contributed by atoms with E-state index in [1.54, 1.807) is 18.2 Å². The van der Waals surface area contributed by atoms with Crippen molar-refractivity contribution in [1.29, 1.82) is 0 Å². The fourth-order valence-corrected chi connectivity index (χ4v) is 1.65. The van der Waals surface area contributed by atoms with Crippen LogP contribution >= 0.6 is 34.8 Å². The summed E-state index contributed by atoms with van der Waals surface area (Å²) in [7, 11) is 0. The molecule has 0 amide bonds. The topological polar surface area (TPSA) is 43.6 Å². The van der Waals surface area contributed by atoms with E-state index in [0.717, 1.165) is 0 Å². The van der Waals surface area contributed by atoms with Crippen LogP contribution in [-0.2, 0) is 5.88 Å². The molecule has 0 spiro atoms. The maximum atomic E-state index is 6.00. The number of tetrazole rings is 1. The second-order valence-electron chi connectivity index (χ2n) is 2.74. The van der Waals surface area contributed by atoms with Crippen molar-refractivity contribution in [1.82, 2.24) is 20.2 Å². The van der Waals surface area contributed by atoms with Crippen molar-refractivity contribution in [3.63, 3.8) is 0 Å². The van der Waals surface area contributed by atoms with Gasteiger partial charge in [-0.2, -0.15) is 4.68 Å². The molecule has 2 aromatic rings. The van der Waals surface area contributed by atoms with Crippen molar-refractivity contribution in [3.8, 4) is 5.69 Å². The highest BCUT2D eigenvalue weighted by Crippen LogP contribution is 2.24. The Morgan fingerprint density at radius 3 is 2.80 bits per heavy atom. The first-order valence-corrected chi connectivity index (χ1v) is 5.30. The first-order valence-electron chi connectivity index (χ1n) is 4.01. The Kier molecular flexibility index (Phi) is 3.09. The van der Waals surface area contributed by atoms with Crippen LogP contribution in [0.4, 0.5) is 0 Å². The molecule has 1 aromatic carbocycles. The monoisotopic (exact) mass is 262 g/mol. The van der Waals surface area contributed by atoms with Gasteiger partial charge in [0, 0.05) is 5.02 Å². The van der Waals surface area contributed by atoms with Gasteiger partial charge in [0.1, 0.15) is 0 Å². The molecule has 0 aliphatic rings. The summed E-state index contributed by atoms with van der Waals surface area (Å²) in [4.78, 5) is 0. The van der Waals surface area contributed by atoms with Crippen LogP contribution in [0.15, 0.2) is 18.2 Å². The lowest BCUT2D eigenvalue weighted by Crippen LogP contribution is -2.02. The highest BCUT2D eigenvalue weighted by molar-refractivity contribution is 6.34. The van der Waals surface area contributed by atoms with Crippen LogP contribution in [0.25, 0.3) is 5.69 Å². The lowest BCUT2D eigenvalue weighted by molar-refractivity contribution is 0.777. The highest BCUT2D eigenvalue weighted by Gasteiger charge is 2.10. The van der Waals surface area contributed by atoms with Gasteiger partial charge in [0.05, 0.1) is 16.6 Å². The Labute approximate surface area is 101 Å². The molecule has 4 nitrogen and oxygen atoms in total. The van der Waals surface area contributed by atoms with Gasteiger partial charge in [0.15, 0.2) is 5.82 Å². The third kappa shape index (κ3) is 2.07. The minimum absolute atomic E-state index is 0.204. The fourth-order valence-electron chi connectivity index (χ4n) is 1.12. The molecule has 0 atom stereocenters. The third-order valence-corrected chi connectivity index (χ3v) is 2.58. The first-order chi connectivity index (χ1) is 7.22. The van der Waals surface area contributed by atoms with E-state index in [2.05, 4.69) is 15.5 Å². The molecule has 1 aromatic heterocycles. The zero-order valence-corrected chi connectivity index (χ0v) is 9.63. The van der Waals surface area contributed by atoms with Crippen molar-refractivity contribution in [3.05, 3.63) is 34.1 Å². The molecule has 0 radical (unpaired) electrons. The predicted molar refractivity (Wildman–Crippen MR) is 58.7 cm³/mol. The molecule has 2 rings (SSSR count). The van der Waals surface area contributed by atoms with E-state index in [1.807, 2.05) is 0 Å². The molecular formula is C8H5Cl3N4. The Morgan fingerprint density at radius 1 is 1.27 bits per heavy atom. The largest absolute Gasteiger partial charge is 0.195 e. The van der Waals surface area contributed by atoms with E-state index in [1.165, 1.54) is 4.68 Å². The number of hydrogen-bond donors (Lipinski definition) is 0. The normalized spacial score (nSPS) is 10.6. The van der Waals surface area contributed by atoms with Crippen LogP contribution in [0.3, 0.4) is 0 Å². The summed E-state index contributed by atoms with van der Waals surface area (Å²) >= 11 is 17.5. The van der Waals surface area contributed by atoms with Gasteiger partial charge in [-0.15, -0.1) is 16.7 Å². The molecule has 7 heteroatoms. The summed E-state index contributed by atoms with van der Waals surface area (Å²) in [6.07, 6.45) is 0. The number of benzene rings is 1. The van der Waals surface area contributed by atoms with Crippen LogP contribution in [0.5, 0.6) is 0 Å². The lowest BCUT2D eigenvalue weighted by Gasteiger charge is -2.05. The molecule has 0 aliphatic carbocycles. The second kappa shape index (κ2) is 4.35. The van der Waals surface area contributed by atoms with Crippen LogP contribution in [-0.4, -0.2) is 20.2 Å². The van der Waals surface area contributed by atoms with Crippen molar-refractivity contribution in [2.75, 3.05) is 0 Å². The summed E-state index contributed by atoms with van der Waals surface area (Å²) < 4.78 is 1.46. The van der Waals surface area contributed by atoms with E-state index >= 15 is 0 Å². The average Bonchev–Trinajstić information content (AvgIpc) is 2.69. The molecule has 1 heterocycles. The van der Waals surface area contributed by atoms with Gasteiger partial charge in [-0.1, -0.05) is 23.2 Å². The van der Waals surface area contributed by atoms with Gasteiger partial charge in [-0.3, -0.25) is 0 Å². The van der Waals surface area contributed by atoms with E-state index in [4.69, 9.17) is 34.8 Å². The Hall–Kier alpha value is -0.840. The standard InChI is InChI=1S/C8H5Cl3N4/c9-4-8-12-13-14-15(8)7-3-5(10)1-2-6(7)11/h1-3H,4H2. The molecule has 0 N–H and O–H groups in total. The molecule has 0 unspecified atom stereocenters. The number of alkyl halides is 1. The van der Waals surface area contributed by atoms with Gasteiger partial charge in [-0.05, 0) is 28.6 Å². The van der Waals surface area contributed by atoms with E-state index in [9.17, 15) is 0 Å². The maximum Gasteiger partial charge on any atom is 0.171 e. The van der Waals surface area contributed by atoms with Crippen molar-refractivity contribution < 1.29 is 0 Å². The van der Waals surface area contributed by atoms with Gasteiger partial charge < -0.3 is 0 Å². The fraction of sp³-hybridized carbons (Fsp3) is 0.125. The maximum absolute atomic E-state index is 6.00. The summed E-state index contributed by atoms with van der Waals surface area (Å²) in [5.74, 6) is 0.719. The SMILES string of the molecule is ClCc1nnnn1-c1cc(Cl)ccc1Cl. The van der Waals surface area contributed by atoms with Crippen LogP contribution < -0.4 is 0 Å². The molecule has 0 saturated carbocycles. The Balaban J connectivity index is 2.58. The van der Waals surface area contributed by atoms with Crippen molar-refractivity contribution >= 4 is 34.8 Å². The van der Waals surface area contributed by atoms with E-state index in [0.29, 0.717) is 21.6 Å². The average molecular weight is 264 g/mol. The predicted octanol–water partition coefficient (Wildman–Crippen LogP) is 2.71. The van der Waals surface area contributed by atoms with E-state index in [-0.39, 0.29) is 5.88 Å². The van der Waals surface area contributed by atoms with Crippen LogP contribution in [0, 0.1) is 0 Å². The van der Waals surface area contributed by atoms with Crippen molar-refractivity contribution in [2.24, 2.45) is 0 Å². The quantitative estimate of drug-likeness (QED) is 0.783. The van der Waals surface area contributed by atoms with E-state index < -0.39 is 0 Å². The molecule has 78 valence electrons. The summed E-state index contributed by atoms with van der Waals surface area (Å²) in [5.41, 5.74) is 0.616. The highest BCUT2D eigenvalue weighted by atomic mass is 35.5. The van der Waals surface area contributed by atoms with Crippen LogP contribution in [0.2, 0.25) is 10.0 Å². The molecule has 0 saturated heterocycles. The van der Waals surface area contributed by atoms with Gasteiger partial charge in [-0.25, -0.2) is 0 Å². The molecule has 0 bridgehead atoms. The number of rotatable bonds is 2. The molecule has 15 heavy (non-hydrogen) atoms. The Bertz CT molecular complexity index is 482. The number of halogens is 3. The van der Waals surface area contributed by atoms with Gasteiger partial charge >= 0.3 is 0 Å². The smallest absolute Gasteiger partial charge is 0.171 e. The summed E-state index contributed by atoms with van der Waals surface area (Å²) in [6, 6.07) is 5.05. The van der Waals surface area contributed by atoms with Crippen LogP contribution in [0.1, 0.15) is 5.82 Å². The zero-order valence-electron chi connectivity index (χ0n) is 7.36. The second-order valence-corrected chi connectivity index (χ2v) is 3.85. The number of hydrogen-bond acceptors (Lipinski definition) is 3. The molecule has 0 fully saturated rings. The van der Waals surface area contributed by atoms with Crippen molar-refractivity contribution in [2.45, 2.75) is 5.88 Å². The molecule has 0 aliphatic heterocycles. The number of nitrogens with zero attached hydrogens (tertiary/aromatic N) is 4. The first kappa shape index (κ1) is 10.7. The minimum atomic E-state index is 0.204. The zero-order chi connectivity index (χ0) is 10.8. The number of aromatic nitrogens is 4.